The first-order chi connectivity index (χ1) is 7.59. The van der Waals surface area contributed by atoms with Crippen molar-refractivity contribution < 1.29 is 9.90 Å². The predicted molar refractivity (Wildman–Crippen MR) is 62.9 cm³/mol. The minimum atomic E-state index is -0.952. The maximum Gasteiger partial charge on any atom is 0.337 e. The monoisotopic (exact) mass is 223 g/mol. The Bertz CT molecular complexity index is 336. The highest BCUT2D eigenvalue weighted by Crippen LogP contribution is 2.04. The Hall–Kier alpha value is -1.62. The molecule has 0 spiro atoms. The third-order valence-electron chi connectivity index (χ3n) is 2.10. The third kappa shape index (κ3) is 4.27. The second-order valence-corrected chi connectivity index (χ2v) is 3.82. The summed E-state index contributed by atoms with van der Waals surface area (Å²) < 4.78 is 0. The van der Waals surface area contributed by atoms with Crippen LogP contribution in [0.4, 0.5) is 5.82 Å². The number of pyridine rings is 1. The third-order valence-corrected chi connectivity index (χ3v) is 2.10. The number of aromatic carboxylic acids is 1. The molecule has 88 valence electrons. The normalized spacial score (nSPS) is 10.4. The maximum atomic E-state index is 10.6. The van der Waals surface area contributed by atoms with E-state index >= 15 is 0 Å². The van der Waals surface area contributed by atoms with Gasteiger partial charge in [0.25, 0.3) is 0 Å². The van der Waals surface area contributed by atoms with Gasteiger partial charge in [0.15, 0.2) is 0 Å². The molecular weight excluding hydrogens is 206 g/mol. The fourth-order valence-electron chi connectivity index (χ4n) is 1.24. The minimum Gasteiger partial charge on any atom is -0.478 e. The van der Waals surface area contributed by atoms with Crippen LogP contribution in [0.2, 0.25) is 0 Å². The summed E-state index contributed by atoms with van der Waals surface area (Å²) in [6.45, 7) is 1.85. The largest absolute Gasteiger partial charge is 0.478 e. The Balaban J connectivity index is 2.35. The highest BCUT2D eigenvalue weighted by atomic mass is 16.4. The van der Waals surface area contributed by atoms with Gasteiger partial charge in [-0.15, -0.1) is 0 Å². The van der Waals surface area contributed by atoms with Gasteiger partial charge in [-0.25, -0.2) is 9.78 Å². The van der Waals surface area contributed by atoms with E-state index in [1.807, 2.05) is 14.1 Å². The molecule has 5 heteroatoms. The Morgan fingerprint density at radius 3 is 2.75 bits per heavy atom. The average Bonchev–Trinajstić information content (AvgIpc) is 2.25. The van der Waals surface area contributed by atoms with E-state index in [4.69, 9.17) is 5.11 Å². The summed E-state index contributed by atoms with van der Waals surface area (Å²) >= 11 is 0. The number of aromatic nitrogens is 1. The van der Waals surface area contributed by atoms with Crippen LogP contribution in [-0.2, 0) is 0 Å². The molecule has 0 aliphatic carbocycles. The van der Waals surface area contributed by atoms with Crippen molar-refractivity contribution >= 4 is 11.8 Å². The molecule has 1 heterocycles. The van der Waals surface area contributed by atoms with Crippen molar-refractivity contribution in [3.05, 3.63) is 23.9 Å². The summed E-state index contributed by atoms with van der Waals surface area (Å²) in [6.07, 6.45) is 2.38. The lowest BCUT2D eigenvalue weighted by Crippen LogP contribution is -2.16. The Kier molecular flexibility index (Phi) is 4.72. The van der Waals surface area contributed by atoms with Crippen LogP contribution in [0.3, 0.4) is 0 Å². The smallest absolute Gasteiger partial charge is 0.337 e. The van der Waals surface area contributed by atoms with Gasteiger partial charge in [0.1, 0.15) is 5.82 Å². The average molecular weight is 223 g/mol. The zero-order chi connectivity index (χ0) is 12.0. The Morgan fingerprint density at radius 2 is 2.25 bits per heavy atom. The summed E-state index contributed by atoms with van der Waals surface area (Å²) in [7, 11) is 4.06. The van der Waals surface area contributed by atoms with Crippen molar-refractivity contribution in [1.29, 1.82) is 0 Å². The van der Waals surface area contributed by atoms with Crippen molar-refractivity contribution in [3.63, 3.8) is 0 Å². The Labute approximate surface area is 95.1 Å². The zero-order valence-corrected chi connectivity index (χ0v) is 9.60. The van der Waals surface area contributed by atoms with Crippen LogP contribution in [0.25, 0.3) is 0 Å². The van der Waals surface area contributed by atoms with Gasteiger partial charge in [-0.1, -0.05) is 0 Å². The SMILES string of the molecule is CN(C)CCCNc1ccc(C(=O)O)cn1. The lowest BCUT2D eigenvalue weighted by molar-refractivity contribution is 0.0696. The van der Waals surface area contributed by atoms with E-state index in [9.17, 15) is 4.79 Å². The second kappa shape index (κ2) is 6.07. The molecule has 1 aromatic rings. The summed E-state index contributed by atoms with van der Waals surface area (Å²) in [5.41, 5.74) is 0.207. The molecule has 0 fully saturated rings. The fourth-order valence-corrected chi connectivity index (χ4v) is 1.24. The fraction of sp³-hybridized carbons (Fsp3) is 0.455. The van der Waals surface area contributed by atoms with E-state index in [1.165, 1.54) is 6.20 Å². The van der Waals surface area contributed by atoms with Crippen LogP contribution >= 0.6 is 0 Å². The van der Waals surface area contributed by atoms with Gasteiger partial charge in [0.05, 0.1) is 5.56 Å². The number of anilines is 1. The van der Waals surface area contributed by atoms with Crippen LogP contribution in [0, 0.1) is 0 Å². The van der Waals surface area contributed by atoms with Gasteiger partial charge in [-0.2, -0.15) is 0 Å². The van der Waals surface area contributed by atoms with E-state index in [0.717, 1.165) is 19.5 Å². The molecule has 16 heavy (non-hydrogen) atoms. The van der Waals surface area contributed by atoms with Crippen molar-refractivity contribution in [2.45, 2.75) is 6.42 Å². The molecule has 0 radical (unpaired) electrons. The first kappa shape index (κ1) is 12.4. The summed E-state index contributed by atoms with van der Waals surface area (Å²) in [5, 5.41) is 11.8. The molecule has 0 saturated heterocycles. The maximum absolute atomic E-state index is 10.6. The number of nitrogens with one attached hydrogen (secondary N) is 1. The van der Waals surface area contributed by atoms with Gasteiger partial charge in [0.2, 0.25) is 0 Å². The van der Waals surface area contributed by atoms with Crippen LogP contribution in [-0.4, -0.2) is 48.1 Å². The number of hydrogen-bond acceptors (Lipinski definition) is 4. The highest BCUT2D eigenvalue weighted by Gasteiger charge is 2.02. The van der Waals surface area contributed by atoms with Crippen LogP contribution in [0.5, 0.6) is 0 Å². The van der Waals surface area contributed by atoms with Crippen molar-refractivity contribution in [1.82, 2.24) is 9.88 Å². The molecule has 0 aliphatic heterocycles. The van der Waals surface area contributed by atoms with Gasteiger partial charge in [0, 0.05) is 12.7 Å². The summed E-state index contributed by atoms with van der Waals surface area (Å²) in [6, 6.07) is 3.22. The molecule has 0 bridgehead atoms. The molecule has 0 saturated carbocycles. The first-order valence-electron chi connectivity index (χ1n) is 5.17. The molecule has 0 aromatic carbocycles. The van der Waals surface area contributed by atoms with E-state index in [-0.39, 0.29) is 5.56 Å². The molecule has 5 nitrogen and oxygen atoms in total. The number of carboxylic acid groups (broad SMARTS) is 1. The molecule has 0 atom stereocenters. The van der Waals surface area contributed by atoms with Crippen LogP contribution in [0.15, 0.2) is 18.3 Å². The highest BCUT2D eigenvalue weighted by molar-refractivity contribution is 5.87. The first-order valence-corrected chi connectivity index (χ1v) is 5.17. The van der Waals surface area contributed by atoms with E-state index < -0.39 is 5.97 Å². The lowest BCUT2D eigenvalue weighted by atomic mass is 10.3. The molecular formula is C11H17N3O2. The molecule has 0 amide bonds. The van der Waals surface area contributed by atoms with Gasteiger partial charge in [-0.05, 0) is 39.2 Å². The molecule has 0 aliphatic rings. The predicted octanol–water partition coefficient (Wildman–Crippen LogP) is 1.14. The number of rotatable bonds is 6. The number of nitrogens with zero attached hydrogens (tertiary/aromatic N) is 2. The Morgan fingerprint density at radius 1 is 1.50 bits per heavy atom. The summed E-state index contributed by atoms with van der Waals surface area (Å²) in [5.74, 6) is -0.240. The van der Waals surface area contributed by atoms with E-state index in [2.05, 4.69) is 15.2 Å². The van der Waals surface area contributed by atoms with Crippen molar-refractivity contribution in [2.24, 2.45) is 0 Å². The molecule has 1 rings (SSSR count). The van der Waals surface area contributed by atoms with Gasteiger partial charge >= 0.3 is 5.97 Å². The van der Waals surface area contributed by atoms with Crippen LogP contribution < -0.4 is 5.32 Å². The number of carbonyl (C=O) groups is 1. The van der Waals surface area contributed by atoms with Crippen molar-refractivity contribution in [2.75, 3.05) is 32.5 Å². The molecule has 1 aromatic heterocycles. The molecule has 2 N–H and O–H groups in total. The topological polar surface area (TPSA) is 65.5 Å². The van der Waals surface area contributed by atoms with Gasteiger partial charge < -0.3 is 15.3 Å². The van der Waals surface area contributed by atoms with E-state index in [0.29, 0.717) is 5.82 Å². The number of hydrogen-bond donors (Lipinski definition) is 2. The quantitative estimate of drug-likeness (QED) is 0.708. The second-order valence-electron chi connectivity index (χ2n) is 3.82. The lowest BCUT2D eigenvalue weighted by Gasteiger charge is -2.10. The summed E-state index contributed by atoms with van der Waals surface area (Å²) in [4.78, 5) is 16.7. The zero-order valence-electron chi connectivity index (χ0n) is 9.60. The number of carboxylic acids is 1. The standard InChI is InChI=1S/C11H17N3O2/c1-14(2)7-3-6-12-10-5-4-9(8-13-10)11(15)16/h4-5,8H,3,6-7H2,1-2H3,(H,12,13)(H,15,16). The van der Waals surface area contributed by atoms with Crippen LogP contribution in [0.1, 0.15) is 16.8 Å². The molecule has 0 unspecified atom stereocenters. The van der Waals surface area contributed by atoms with E-state index in [1.54, 1.807) is 12.1 Å². The van der Waals surface area contributed by atoms with Crippen molar-refractivity contribution in [3.8, 4) is 0 Å². The van der Waals surface area contributed by atoms with Gasteiger partial charge in [-0.3, -0.25) is 0 Å². The minimum absolute atomic E-state index is 0.207.